The molecule has 1 aromatic carbocycles. The average Bonchev–Trinajstić information content (AvgIpc) is 3.01. The molecule has 0 aliphatic heterocycles. The van der Waals surface area contributed by atoms with Crippen LogP contribution in [0.5, 0.6) is 0 Å². The number of rotatable bonds is 2. The van der Waals surface area contributed by atoms with Gasteiger partial charge in [0.25, 0.3) is 0 Å². The van der Waals surface area contributed by atoms with Crippen molar-refractivity contribution in [2.24, 2.45) is 0 Å². The fourth-order valence-electron chi connectivity index (χ4n) is 2.67. The minimum Gasteiger partial charge on any atom is -0.384 e. The lowest BCUT2D eigenvalue weighted by molar-refractivity contribution is 0.945. The molecule has 0 radical (unpaired) electrons. The van der Waals surface area contributed by atoms with Crippen LogP contribution >= 0.6 is 0 Å². The van der Waals surface area contributed by atoms with E-state index in [9.17, 15) is 0 Å². The number of pyridine rings is 1. The third-order valence-electron chi connectivity index (χ3n) is 3.74. The second-order valence-electron chi connectivity index (χ2n) is 5.27. The first-order valence-corrected chi connectivity index (χ1v) is 7.32. The van der Waals surface area contributed by atoms with E-state index in [1.165, 1.54) is 0 Å². The SMILES string of the molecule is N#Cc1cccc(-c2nn3ccc(N)nc3c2-c2ccncc2)c1. The Morgan fingerprint density at radius 1 is 1.04 bits per heavy atom. The molecule has 4 rings (SSSR count). The largest absolute Gasteiger partial charge is 0.384 e. The number of hydrogen-bond acceptors (Lipinski definition) is 5. The Morgan fingerprint density at radius 2 is 1.88 bits per heavy atom. The summed E-state index contributed by atoms with van der Waals surface area (Å²) in [5.74, 6) is 0.426. The van der Waals surface area contributed by atoms with Crippen LogP contribution in [-0.4, -0.2) is 19.6 Å². The van der Waals surface area contributed by atoms with Crippen molar-refractivity contribution >= 4 is 11.5 Å². The van der Waals surface area contributed by atoms with Crippen LogP contribution in [0.4, 0.5) is 5.82 Å². The molecule has 0 bridgehead atoms. The second-order valence-corrected chi connectivity index (χ2v) is 5.27. The van der Waals surface area contributed by atoms with E-state index >= 15 is 0 Å². The maximum absolute atomic E-state index is 9.16. The first-order chi connectivity index (χ1) is 11.8. The minimum absolute atomic E-state index is 0.426. The molecular weight excluding hydrogens is 300 g/mol. The summed E-state index contributed by atoms with van der Waals surface area (Å²) in [6.07, 6.45) is 5.22. The Bertz CT molecular complexity index is 1080. The number of nitriles is 1. The molecule has 0 saturated carbocycles. The Kier molecular flexibility index (Phi) is 3.18. The summed E-state index contributed by atoms with van der Waals surface area (Å²) in [7, 11) is 0. The molecule has 0 aliphatic carbocycles. The van der Waals surface area contributed by atoms with Gasteiger partial charge in [0.15, 0.2) is 5.65 Å². The predicted octanol–water partition coefficient (Wildman–Crippen LogP) is 2.91. The zero-order valence-electron chi connectivity index (χ0n) is 12.6. The molecule has 4 aromatic rings. The van der Waals surface area contributed by atoms with Crippen LogP contribution in [0.25, 0.3) is 28.0 Å². The van der Waals surface area contributed by atoms with Crippen LogP contribution < -0.4 is 5.73 Å². The molecule has 6 nitrogen and oxygen atoms in total. The Morgan fingerprint density at radius 3 is 2.67 bits per heavy atom. The van der Waals surface area contributed by atoms with Crippen molar-refractivity contribution in [2.45, 2.75) is 0 Å². The first-order valence-electron chi connectivity index (χ1n) is 7.32. The number of aromatic nitrogens is 4. The Labute approximate surface area is 137 Å². The second kappa shape index (κ2) is 5.48. The highest BCUT2D eigenvalue weighted by Gasteiger charge is 2.18. The number of nitrogen functional groups attached to an aromatic ring is 1. The monoisotopic (exact) mass is 312 g/mol. The number of hydrogen-bond donors (Lipinski definition) is 1. The van der Waals surface area contributed by atoms with Crippen LogP contribution in [0.1, 0.15) is 5.56 Å². The third-order valence-corrected chi connectivity index (χ3v) is 3.74. The maximum atomic E-state index is 9.16. The van der Waals surface area contributed by atoms with E-state index in [2.05, 4.69) is 21.1 Å². The van der Waals surface area contributed by atoms with Gasteiger partial charge >= 0.3 is 0 Å². The van der Waals surface area contributed by atoms with Crippen molar-refractivity contribution < 1.29 is 0 Å². The fourth-order valence-corrected chi connectivity index (χ4v) is 2.67. The van der Waals surface area contributed by atoms with E-state index in [4.69, 9.17) is 11.0 Å². The van der Waals surface area contributed by atoms with E-state index in [-0.39, 0.29) is 0 Å². The Balaban J connectivity index is 2.06. The van der Waals surface area contributed by atoms with Gasteiger partial charge in [0.1, 0.15) is 11.5 Å². The topological polar surface area (TPSA) is 92.9 Å². The summed E-state index contributed by atoms with van der Waals surface area (Å²) in [5.41, 5.74) is 10.5. The summed E-state index contributed by atoms with van der Waals surface area (Å²) >= 11 is 0. The van der Waals surface area contributed by atoms with Crippen molar-refractivity contribution in [3.8, 4) is 28.5 Å². The van der Waals surface area contributed by atoms with Gasteiger partial charge in [0.2, 0.25) is 0 Å². The fraction of sp³-hybridized carbons (Fsp3) is 0. The van der Waals surface area contributed by atoms with E-state index < -0.39 is 0 Å². The van der Waals surface area contributed by atoms with Crippen LogP contribution in [0, 0.1) is 11.3 Å². The molecule has 114 valence electrons. The van der Waals surface area contributed by atoms with Gasteiger partial charge in [-0.3, -0.25) is 4.98 Å². The van der Waals surface area contributed by atoms with Crippen LogP contribution in [-0.2, 0) is 0 Å². The molecule has 0 fully saturated rings. The van der Waals surface area contributed by atoms with E-state index in [0.29, 0.717) is 17.0 Å². The molecule has 6 heteroatoms. The molecule has 0 amide bonds. The van der Waals surface area contributed by atoms with Crippen molar-refractivity contribution in [3.63, 3.8) is 0 Å². The van der Waals surface area contributed by atoms with Crippen molar-refractivity contribution in [2.75, 3.05) is 5.73 Å². The van der Waals surface area contributed by atoms with Crippen LogP contribution in [0.3, 0.4) is 0 Å². The third kappa shape index (κ3) is 2.25. The van der Waals surface area contributed by atoms with Crippen LogP contribution in [0.2, 0.25) is 0 Å². The smallest absolute Gasteiger partial charge is 0.165 e. The van der Waals surface area contributed by atoms with E-state index in [1.54, 1.807) is 35.2 Å². The highest BCUT2D eigenvalue weighted by atomic mass is 15.3. The quantitative estimate of drug-likeness (QED) is 0.614. The number of anilines is 1. The van der Waals surface area contributed by atoms with Crippen molar-refractivity contribution in [3.05, 3.63) is 66.6 Å². The van der Waals surface area contributed by atoms with Crippen molar-refractivity contribution in [1.29, 1.82) is 5.26 Å². The van der Waals surface area contributed by atoms with Gasteiger partial charge in [0, 0.05) is 24.2 Å². The number of nitrogens with two attached hydrogens (primary N) is 1. The predicted molar refractivity (Wildman–Crippen MR) is 90.8 cm³/mol. The number of fused-ring (bicyclic) bond motifs is 1. The van der Waals surface area contributed by atoms with Gasteiger partial charge in [-0.2, -0.15) is 10.4 Å². The lowest BCUT2D eigenvalue weighted by Crippen LogP contribution is -1.95. The molecule has 2 N–H and O–H groups in total. The summed E-state index contributed by atoms with van der Waals surface area (Å²) in [6.45, 7) is 0. The van der Waals surface area contributed by atoms with E-state index in [0.717, 1.165) is 22.4 Å². The van der Waals surface area contributed by atoms with Gasteiger partial charge in [-0.1, -0.05) is 12.1 Å². The molecule has 0 aliphatic rings. The van der Waals surface area contributed by atoms with E-state index in [1.807, 2.05) is 30.3 Å². The van der Waals surface area contributed by atoms with Gasteiger partial charge in [0.05, 0.1) is 17.2 Å². The molecule has 3 heterocycles. The number of nitrogens with zero attached hydrogens (tertiary/aromatic N) is 5. The molecule has 24 heavy (non-hydrogen) atoms. The average molecular weight is 312 g/mol. The summed E-state index contributed by atoms with van der Waals surface area (Å²) in [6, 6.07) is 15.0. The summed E-state index contributed by atoms with van der Waals surface area (Å²) < 4.78 is 1.69. The molecule has 0 unspecified atom stereocenters. The van der Waals surface area contributed by atoms with Crippen LogP contribution in [0.15, 0.2) is 61.1 Å². The standard InChI is InChI=1S/C18H12N6/c19-11-12-2-1-3-14(10-12)17-16(13-4-7-21-8-5-13)18-22-15(20)6-9-24(18)23-17/h1-10H,(H2,20,22). The molecular formula is C18H12N6. The van der Waals surface area contributed by atoms with Crippen molar-refractivity contribution in [1.82, 2.24) is 19.6 Å². The number of benzene rings is 1. The summed E-state index contributed by atoms with van der Waals surface area (Å²) in [5, 5.41) is 13.8. The lowest BCUT2D eigenvalue weighted by atomic mass is 10.0. The highest BCUT2D eigenvalue weighted by Crippen LogP contribution is 2.34. The maximum Gasteiger partial charge on any atom is 0.165 e. The van der Waals surface area contributed by atoms with Gasteiger partial charge in [-0.05, 0) is 35.9 Å². The van der Waals surface area contributed by atoms with Gasteiger partial charge < -0.3 is 5.73 Å². The Hall–Kier alpha value is -3.72. The molecule has 0 atom stereocenters. The van der Waals surface area contributed by atoms with Gasteiger partial charge in [-0.25, -0.2) is 9.50 Å². The first kappa shape index (κ1) is 13.9. The highest BCUT2D eigenvalue weighted by molar-refractivity contribution is 5.90. The molecule has 0 saturated heterocycles. The minimum atomic E-state index is 0.426. The lowest BCUT2D eigenvalue weighted by Gasteiger charge is -2.03. The molecule has 0 spiro atoms. The zero-order chi connectivity index (χ0) is 16.5. The molecule has 3 aromatic heterocycles. The summed E-state index contributed by atoms with van der Waals surface area (Å²) in [4.78, 5) is 8.50. The van der Waals surface area contributed by atoms with Gasteiger partial charge in [-0.15, -0.1) is 0 Å². The normalized spacial score (nSPS) is 10.6. The zero-order valence-corrected chi connectivity index (χ0v) is 12.6.